The van der Waals surface area contributed by atoms with Crippen LogP contribution in [0, 0.1) is 5.82 Å². The van der Waals surface area contributed by atoms with E-state index in [1.165, 1.54) is 30.2 Å². The van der Waals surface area contributed by atoms with Crippen LogP contribution in [0.1, 0.15) is 40.9 Å². The molecule has 2 fully saturated rings. The fourth-order valence-corrected chi connectivity index (χ4v) is 5.50. The number of benzene rings is 1. The number of piperidine rings is 1. The van der Waals surface area contributed by atoms with Crippen LogP contribution < -0.4 is 5.32 Å². The van der Waals surface area contributed by atoms with Gasteiger partial charge in [-0.3, -0.25) is 4.79 Å². The van der Waals surface area contributed by atoms with Crippen molar-refractivity contribution in [1.82, 2.24) is 10.2 Å². The molecule has 1 aromatic carbocycles. The van der Waals surface area contributed by atoms with Gasteiger partial charge in [-0.05, 0) is 37.8 Å². The fourth-order valence-electron chi connectivity index (χ4n) is 4.29. The van der Waals surface area contributed by atoms with Gasteiger partial charge in [0.1, 0.15) is 5.82 Å². The molecule has 1 aromatic heterocycles. The minimum absolute atomic E-state index is 0.0149. The summed E-state index contributed by atoms with van der Waals surface area (Å²) in [7, 11) is 3.46. The third-order valence-electron chi connectivity index (χ3n) is 5.56. The van der Waals surface area contributed by atoms with E-state index < -0.39 is 0 Å². The summed E-state index contributed by atoms with van der Waals surface area (Å²) < 4.78 is 20.4. The summed E-state index contributed by atoms with van der Waals surface area (Å²) in [5, 5.41) is 4.13. The number of thiophene rings is 1. The van der Waals surface area contributed by atoms with Gasteiger partial charge in [0.25, 0.3) is 5.91 Å². The van der Waals surface area contributed by atoms with Crippen LogP contribution in [0.25, 0.3) is 10.1 Å². The Morgan fingerprint density at radius 2 is 2.08 bits per heavy atom. The fraction of sp³-hybridized carbons (Fsp3) is 0.526. The first kappa shape index (κ1) is 16.9. The van der Waals surface area contributed by atoms with Crippen LogP contribution >= 0.6 is 11.3 Å². The Bertz CT molecular complexity index is 794. The lowest BCUT2D eigenvalue weighted by atomic mass is 9.98. The summed E-state index contributed by atoms with van der Waals surface area (Å²) in [5.41, 5.74) is 0.675. The molecule has 25 heavy (non-hydrogen) atoms. The normalized spacial score (nSPS) is 25.5. The van der Waals surface area contributed by atoms with Gasteiger partial charge in [-0.2, -0.15) is 0 Å². The molecule has 3 heterocycles. The Labute approximate surface area is 151 Å². The molecular weight excluding hydrogens is 339 g/mol. The van der Waals surface area contributed by atoms with Crippen molar-refractivity contribution < 1.29 is 13.9 Å². The predicted octanol–water partition coefficient (Wildman–Crippen LogP) is 3.54. The van der Waals surface area contributed by atoms with E-state index in [0.29, 0.717) is 27.9 Å². The molecule has 2 bridgehead atoms. The van der Waals surface area contributed by atoms with E-state index in [4.69, 9.17) is 4.74 Å². The minimum atomic E-state index is -0.289. The number of halogens is 1. The molecule has 0 spiro atoms. The molecule has 2 aliphatic heterocycles. The first-order valence-corrected chi connectivity index (χ1v) is 9.62. The van der Waals surface area contributed by atoms with Gasteiger partial charge < -0.3 is 15.0 Å². The number of hydrogen-bond acceptors (Lipinski definition) is 4. The third-order valence-corrected chi connectivity index (χ3v) is 6.75. The Morgan fingerprint density at radius 3 is 2.76 bits per heavy atom. The number of nitrogens with zero attached hydrogens (tertiary/aromatic N) is 1. The van der Waals surface area contributed by atoms with E-state index >= 15 is 0 Å². The van der Waals surface area contributed by atoms with Gasteiger partial charge in [0.2, 0.25) is 0 Å². The zero-order chi connectivity index (χ0) is 17.6. The van der Waals surface area contributed by atoms with Crippen molar-refractivity contribution in [3.8, 4) is 0 Å². The highest BCUT2D eigenvalue weighted by Gasteiger charge is 2.37. The van der Waals surface area contributed by atoms with Gasteiger partial charge in [0.05, 0.1) is 11.5 Å². The van der Waals surface area contributed by atoms with Crippen molar-refractivity contribution in [2.24, 2.45) is 0 Å². The average Bonchev–Trinajstić information content (AvgIpc) is 3.14. The lowest BCUT2D eigenvalue weighted by molar-refractivity contribution is 0.0682. The maximum atomic E-state index is 14.3. The second-order valence-corrected chi connectivity index (χ2v) is 8.19. The molecule has 2 aliphatic rings. The summed E-state index contributed by atoms with van der Waals surface area (Å²) in [4.78, 5) is 15.7. The molecule has 0 radical (unpaired) electrons. The molecular formula is C19H23FN2O2S. The molecule has 2 saturated heterocycles. The molecule has 2 unspecified atom stereocenters. The second-order valence-electron chi connectivity index (χ2n) is 7.13. The molecule has 6 heteroatoms. The van der Waals surface area contributed by atoms with E-state index in [1.54, 1.807) is 13.2 Å². The largest absolute Gasteiger partial charge is 0.380 e. The smallest absolute Gasteiger partial charge is 0.264 e. The van der Waals surface area contributed by atoms with E-state index in [0.717, 1.165) is 17.5 Å². The summed E-state index contributed by atoms with van der Waals surface area (Å²) in [6.45, 7) is 0.243. The highest BCUT2D eigenvalue weighted by molar-refractivity contribution is 7.21. The number of hydrogen-bond donors (Lipinski definition) is 1. The first-order chi connectivity index (χ1) is 12.1. The maximum absolute atomic E-state index is 14.3. The number of methoxy groups -OCH3 is 1. The van der Waals surface area contributed by atoms with Crippen molar-refractivity contribution in [2.45, 2.75) is 50.4 Å². The Kier molecular flexibility index (Phi) is 4.52. The molecule has 1 amide bonds. The second kappa shape index (κ2) is 6.67. The van der Waals surface area contributed by atoms with Gasteiger partial charge in [0, 0.05) is 47.9 Å². The number of fused-ring (bicyclic) bond motifs is 3. The Morgan fingerprint density at radius 1 is 1.36 bits per heavy atom. The zero-order valence-corrected chi connectivity index (χ0v) is 15.4. The third kappa shape index (κ3) is 2.96. The van der Waals surface area contributed by atoms with Crippen LogP contribution in [0.4, 0.5) is 4.39 Å². The number of carbonyl (C=O) groups excluding carboxylic acids is 1. The van der Waals surface area contributed by atoms with Crippen LogP contribution in [0.5, 0.6) is 0 Å². The van der Waals surface area contributed by atoms with Gasteiger partial charge in [0.15, 0.2) is 0 Å². The van der Waals surface area contributed by atoms with Crippen LogP contribution in [0.2, 0.25) is 0 Å². The molecule has 0 aliphatic carbocycles. The van der Waals surface area contributed by atoms with Crippen molar-refractivity contribution >= 4 is 27.3 Å². The molecule has 2 aromatic rings. The minimum Gasteiger partial charge on any atom is -0.380 e. The lowest BCUT2D eigenvalue weighted by Crippen LogP contribution is -2.48. The summed E-state index contributed by atoms with van der Waals surface area (Å²) in [6.07, 6.45) is 4.40. The van der Waals surface area contributed by atoms with E-state index in [1.807, 2.05) is 18.0 Å². The van der Waals surface area contributed by atoms with Crippen LogP contribution in [-0.4, -0.2) is 43.1 Å². The molecule has 134 valence electrons. The van der Waals surface area contributed by atoms with Crippen molar-refractivity contribution in [2.75, 3.05) is 14.2 Å². The lowest BCUT2D eigenvalue weighted by Gasteiger charge is -2.35. The van der Waals surface area contributed by atoms with Crippen LogP contribution in [-0.2, 0) is 11.3 Å². The van der Waals surface area contributed by atoms with E-state index in [-0.39, 0.29) is 24.4 Å². The van der Waals surface area contributed by atoms with Gasteiger partial charge in [-0.25, -0.2) is 4.39 Å². The number of carbonyl (C=O) groups is 1. The quantitative estimate of drug-likeness (QED) is 0.904. The molecule has 4 nitrogen and oxygen atoms in total. The van der Waals surface area contributed by atoms with Crippen molar-refractivity contribution in [1.29, 1.82) is 0 Å². The van der Waals surface area contributed by atoms with Gasteiger partial charge in [-0.1, -0.05) is 6.07 Å². The summed E-state index contributed by atoms with van der Waals surface area (Å²) in [6, 6.07) is 6.29. The van der Waals surface area contributed by atoms with Gasteiger partial charge in [-0.15, -0.1) is 11.3 Å². The Balaban J connectivity index is 1.67. The zero-order valence-electron chi connectivity index (χ0n) is 14.5. The number of amides is 1. The van der Waals surface area contributed by atoms with Crippen molar-refractivity contribution in [3.05, 3.63) is 34.5 Å². The molecule has 4 rings (SSSR count). The summed E-state index contributed by atoms with van der Waals surface area (Å²) >= 11 is 1.37. The average molecular weight is 362 g/mol. The Hall–Kier alpha value is -1.50. The van der Waals surface area contributed by atoms with Gasteiger partial charge >= 0.3 is 0 Å². The predicted molar refractivity (Wildman–Crippen MR) is 97.6 cm³/mol. The molecule has 1 N–H and O–H groups in total. The van der Waals surface area contributed by atoms with E-state index in [2.05, 4.69) is 5.32 Å². The number of ether oxygens (including phenoxy) is 1. The first-order valence-electron chi connectivity index (χ1n) is 8.80. The highest BCUT2D eigenvalue weighted by Crippen LogP contribution is 2.36. The van der Waals surface area contributed by atoms with E-state index in [9.17, 15) is 9.18 Å². The summed E-state index contributed by atoms with van der Waals surface area (Å²) in [5.74, 6) is -0.304. The number of rotatable bonds is 4. The van der Waals surface area contributed by atoms with Crippen molar-refractivity contribution in [3.63, 3.8) is 0 Å². The topological polar surface area (TPSA) is 41.6 Å². The molecule has 0 saturated carbocycles. The van der Waals surface area contributed by atoms with Crippen LogP contribution in [0.3, 0.4) is 0 Å². The molecule has 2 atom stereocenters. The SMILES string of the molecule is COCc1c(C(=O)N(C)C2CC3CCC(C2)N3)sc2cccc(F)c12. The number of nitrogens with one attached hydrogen (secondary N) is 1. The highest BCUT2D eigenvalue weighted by atomic mass is 32.1. The maximum Gasteiger partial charge on any atom is 0.264 e. The standard InChI is InChI=1S/C19H23FN2O2S/c1-22(13-8-11-6-7-12(9-13)21-11)19(23)18-14(10-24-2)17-15(20)4-3-5-16(17)25-18/h3-5,11-13,21H,6-10H2,1-2H3. The monoisotopic (exact) mass is 362 g/mol. The van der Waals surface area contributed by atoms with Crippen LogP contribution in [0.15, 0.2) is 18.2 Å².